The smallest absolute Gasteiger partial charge is 0.248 e. The molecule has 0 spiro atoms. The van der Waals surface area contributed by atoms with Crippen LogP contribution < -0.4 is 14.8 Å². The van der Waals surface area contributed by atoms with Crippen LogP contribution in [0.4, 0.5) is 5.69 Å². The van der Waals surface area contributed by atoms with E-state index < -0.39 is 0 Å². The number of anilines is 1. The third-order valence-corrected chi connectivity index (χ3v) is 3.27. The topological polar surface area (TPSA) is 47.6 Å². The summed E-state index contributed by atoms with van der Waals surface area (Å²) in [7, 11) is 0. The van der Waals surface area contributed by atoms with Crippen LogP contribution in [0.5, 0.6) is 11.5 Å². The van der Waals surface area contributed by atoms with E-state index >= 15 is 0 Å². The summed E-state index contributed by atoms with van der Waals surface area (Å²) in [5.41, 5.74) is 1.67. The van der Waals surface area contributed by atoms with Crippen LogP contribution in [0, 0.1) is 0 Å². The van der Waals surface area contributed by atoms with Gasteiger partial charge in [0.1, 0.15) is 11.5 Å². The van der Waals surface area contributed by atoms with Crippen LogP contribution in [0.1, 0.15) is 32.8 Å². The molecule has 0 radical (unpaired) electrons. The Labute approximate surface area is 149 Å². The van der Waals surface area contributed by atoms with Gasteiger partial charge in [0.05, 0.1) is 12.7 Å². The van der Waals surface area contributed by atoms with Crippen molar-refractivity contribution in [3.05, 3.63) is 60.2 Å². The maximum atomic E-state index is 12.0. The number of benzene rings is 2. The van der Waals surface area contributed by atoms with Gasteiger partial charge in [0.2, 0.25) is 5.91 Å². The number of ether oxygens (including phenoxy) is 2. The first kappa shape index (κ1) is 18.6. The molecule has 1 N–H and O–H groups in total. The fourth-order valence-electron chi connectivity index (χ4n) is 2.14. The highest BCUT2D eigenvalue weighted by Gasteiger charge is 2.01. The van der Waals surface area contributed by atoms with E-state index in [9.17, 15) is 4.79 Å². The Bertz CT molecular complexity index is 688. The van der Waals surface area contributed by atoms with Gasteiger partial charge in [0, 0.05) is 11.8 Å². The number of amides is 1. The Hall–Kier alpha value is -2.75. The van der Waals surface area contributed by atoms with Gasteiger partial charge in [-0.1, -0.05) is 19.1 Å². The predicted octanol–water partition coefficient (Wildman–Crippen LogP) is 4.91. The molecule has 1 amide bonds. The summed E-state index contributed by atoms with van der Waals surface area (Å²) >= 11 is 0. The first-order valence-electron chi connectivity index (χ1n) is 8.55. The van der Waals surface area contributed by atoms with Crippen molar-refractivity contribution in [3.63, 3.8) is 0 Å². The fourth-order valence-corrected chi connectivity index (χ4v) is 2.14. The predicted molar refractivity (Wildman–Crippen MR) is 102 cm³/mol. The zero-order valence-corrected chi connectivity index (χ0v) is 15.0. The standard InChI is InChI=1S/C21H25NO3/c1-4-15-24-19-10-5-17(6-11-19)7-14-21(23)22-18-8-12-20(13-9-18)25-16(2)3/h5-14,16H,4,15H2,1-3H3,(H,22,23)/b14-7+. The number of carbonyl (C=O) groups excluding carboxylic acids is 1. The van der Waals surface area contributed by atoms with Gasteiger partial charge < -0.3 is 14.8 Å². The Balaban J connectivity index is 1.87. The molecule has 0 fully saturated rings. The fraction of sp³-hybridized carbons (Fsp3) is 0.286. The van der Waals surface area contributed by atoms with Gasteiger partial charge in [-0.3, -0.25) is 4.79 Å². The molecule has 0 unspecified atom stereocenters. The molecular weight excluding hydrogens is 314 g/mol. The van der Waals surface area contributed by atoms with Crippen LogP contribution in [-0.2, 0) is 4.79 Å². The summed E-state index contributed by atoms with van der Waals surface area (Å²) in [6, 6.07) is 15.0. The van der Waals surface area contributed by atoms with E-state index in [0.29, 0.717) is 6.61 Å². The largest absolute Gasteiger partial charge is 0.494 e. The number of rotatable bonds is 8. The zero-order chi connectivity index (χ0) is 18.1. The average molecular weight is 339 g/mol. The van der Waals surface area contributed by atoms with Crippen molar-refractivity contribution in [2.45, 2.75) is 33.3 Å². The molecular formula is C21H25NO3. The van der Waals surface area contributed by atoms with Crippen molar-refractivity contribution >= 4 is 17.7 Å². The lowest BCUT2D eigenvalue weighted by Gasteiger charge is -2.10. The number of nitrogens with one attached hydrogen (secondary N) is 1. The SMILES string of the molecule is CCCOc1ccc(/C=C/C(=O)Nc2ccc(OC(C)C)cc2)cc1. The van der Waals surface area contributed by atoms with E-state index in [4.69, 9.17) is 9.47 Å². The van der Waals surface area contributed by atoms with Gasteiger partial charge in [0.25, 0.3) is 0 Å². The molecule has 4 nitrogen and oxygen atoms in total. The first-order chi connectivity index (χ1) is 12.1. The third-order valence-electron chi connectivity index (χ3n) is 3.27. The minimum Gasteiger partial charge on any atom is -0.494 e. The van der Waals surface area contributed by atoms with E-state index in [0.717, 1.165) is 29.2 Å². The van der Waals surface area contributed by atoms with Crippen LogP contribution in [0.15, 0.2) is 54.6 Å². The molecule has 4 heteroatoms. The summed E-state index contributed by atoms with van der Waals surface area (Å²) in [4.78, 5) is 12.0. The quantitative estimate of drug-likeness (QED) is 0.695. The highest BCUT2D eigenvalue weighted by molar-refractivity contribution is 6.01. The van der Waals surface area contributed by atoms with Crippen LogP contribution >= 0.6 is 0 Å². The van der Waals surface area contributed by atoms with Crippen LogP contribution in [0.3, 0.4) is 0 Å². The molecule has 0 bridgehead atoms. The van der Waals surface area contributed by atoms with Crippen LogP contribution in [0.2, 0.25) is 0 Å². The normalized spacial score (nSPS) is 10.9. The van der Waals surface area contributed by atoms with Crippen molar-refractivity contribution < 1.29 is 14.3 Å². The summed E-state index contributed by atoms with van der Waals surface area (Å²) in [5, 5.41) is 2.83. The van der Waals surface area contributed by atoms with E-state index in [-0.39, 0.29) is 12.0 Å². The van der Waals surface area contributed by atoms with Crippen LogP contribution in [-0.4, -0.2) is 18.6 Å². The number of hydrogen-bond donors (Lipinski definition) is 1. The summed E-state index contributed by atoms with van der Waals surface area (Å²) in [6.07, 6.45) is 4.39. The van der Waals surface area contributed by atoms with Gasteiger partial charge in [0.15, 0.2) is 0 Å². The first-order valence-corrected chi connectivity index (χ1v) is 8.55. The molecule has 25 heavy (non-hydrogen) atoms. The lowest BCUT2D eigenvalue weighted by molar-refractivity contribution is -0.111. The second-order valence-electron chi connectivity index (χ2n) is 5.93. The summed E-state index contributed by atoms with van der Waals surface area (Å²) in [5.74, 6) is 1.45. The molecule has 0 aliphatic heterocycles. The van der Waals surface area contributed by atoms with Crippen molar-refractivity contribution in [1.29, 1.82) is 0 Å². The minimum absolute atomic E-state index is 0.127. The highest BCUT2D eigenvalue weighted by atomic mass is 16.5. The van der Waals surface area contributed by atoms with Gasteiger partial charge in [-0.15, -0.1) is 0 Å². The van der Waals surface area contributed by atoms with E-state index in [1.165, 1.54) is 6.08 Å². The van der Waals surface area contributed by atoms with Crippen molar-refractivity contribution in [2.24, 2.45) is 0 Å². The van der Waals surface area contributed by atoms with Gasteiger partial charge in [-0.2, -0.15) is 0 Å². The maximum Gasteiger partial charge on any atom is 0.248 e. The van der Waals surface area contributed by atoms with Crippen LogP contribution in [0.25, 0.3) is 6.08 Å². The molecule has 0 saturated carbocycles. The van der Waals surface area contributed by atoms with Gasteiger partial charge in [-0.05, 0) is 68.3 Å². The Kier molecular flexibility index (Phi) is 7.08. The van der Waals surface area contributed by atoms with Crippen molar-refractivity contribution in [3.8, 4) is 11.5 Å². The second-order valence-corrected chi connectivity index (χ2v) is 5.93. The summed E-state index contributed by atoms with van der Waals surface area (Å²) < 4.78 is 11.1. The molecule has 0 aliphatic rings. The molecule has 2 rings (SSSR count). The molecule has 132 valence electrons. The molecule has 0 aliphatic carbocycles. The number of carbonyl (C=O) groups is 1. The molecule has 0 aromatic heterocycles. The lowest BCUT2D eigenvalue weighted by Crippen LogP contribution is -2.08. The van der Waals surface area contributed by atoms with Gasteiger partial charge in [-0.25, -0.2) is 0 Å². The maximum absolute atomic E-state index is 12.0. The number of hydrogen-bond acceptors (Lipinski definition) is 3. The Morgan fingerprint density at radius 1 is 1.04 bits per heavy atom. The molecule has 0 atom stereocenters. The van der Waals surface area contributed by atoms with Gasteiger partial charge >= 0.3 is 0 Å². The van der Waals surface area contributed by atoms with Crippen molar-refractivity contribution in [1.82, 2.24) is 0 Å². The Morgan fingerprint density at radius 3 is 2.28 bits per heavy atom. The third kappa shape index (κ3) is 6.71. The Morgan fingerprint density at radius 2 is 1.68 bits per heavy atom. The lowest BCUT2D eigenvalue weighted by atomic mass is 10.2. The van der Waals surface area contributed by atoms with E-state index in [2.05, 4.69) is 12.2 Å². The highest BCUT2D eigenvalue weighted by Crippen LogP contribution is 2.17. The monoisotopic (exact) mass is 339 g/mol. The van der Waals surface area contributed by atoms with E-state index in [1.54, 1.807) is 6.08 Å². The molecule has 0 saturated heterocycles. The van der Waals surface area contributed by atoms with E-state index in [1.807, 2.05) is 62.4 Å². The molecule has 0 heterocycles. The molecule has 2 aromatic rings. The second kappa shape index (κ2) is 9.52. The summed E-state index contributed by atoms with van der Waals surface area (Å²) in [6.45, 7) is 6.73. The average Bonchev–Trinajstić information content (AvgIpc) is 2.60. The zero-order valence-electron chi connectivity index (χ0n) is 15.0. The minimum atomic E-state index is -0.177. The van der Waals surface area contributed by atoms with Crippen molar-refractivity contribution in [2.75, 3.05) is 11.9 Å². The molecule has 2 aromatic carbocycles.